The van der Waals surface area contributed by atoms with Gasteiger partial charge in [-0.3, -0.25) is 14.6 Å². The Balaban J connectivity index is 1.37. The van der Waals surface area contributed by atoms with E-state index < -0.39 is 0 Å². The summed E-state index contributed by atoms with van der Waals surface area (Å²) in [6.45, 7) is 9.63. The van der Waals surface area contributed by atoms with Crippen LogP contribution < -0.4 is 10.2 Å². The predicted octanol–water partition coefficient (Wildman–Crippen LogP) is 5.00. The first-order valence-electron chi connectivity index (χ1n) is 14.0. The number of ether oxygens (including phenoxy) is 1. The fraction of sp³-hybridized carbons (Fsp3) is 0.467. The van der Waals surface area contributed by atoms with Crippen molar-refractivity contribution in [2.24, 2.45) is 0 Å². The van der Waals surface area contributed by atoms with Gasteiger partial charge in [-0.15, -0.1) is 0 Å². The van der Waals surface area contributed by atoms with Crippen LogP contribution in [0.1, 0.15) is 67.8 Å². The van der Waals surface area contributed by atoms with E-state index in [0.717, 1.165) is 69.4 Å². The van der Waals surface area contributed by atoms with Crippen LogP contribution in [0.2, 0.25) is 0 Å². The van der Waals surface area contributed by atoms with Gasteiger partial charge in [0.05, 0.1) is 11.6 Å². The molecule has 1 N–H and O–H groups in total. The molecule has 1 saturated heterocycles. The average molecular weight is 531 g/mol. The Morgan fingerprint density at radius 1 is 1.05 bits per heavy atom. The topological polar surface area (TPSA) is 90.9 Å². The van der Waals surface area contributed by atoms with Crippen LogP contribution in [-0.4, -0.2) is 64.5 Å². The lowest BCUT2D eigenvalue weighted by molar-refractivity contribution is -0.128. The van der Waals surface area contributed by atoms with Gasteiger partial charge < -0.3 is 15.0 Å². The monoisotopic (exact) mass is 530 g/mol. The van der Waals surface area contributed by atoms with Gasteiger partial charge in [0.15, 0.2) is 0 Å². The van der Waals surface area contributed by atoms with Crippen LogP contribution >= 0.6 is 0 Å². The molecule has 0 spiro atoms. The highest BCUT2D eigenvalue weighted by molar-refractivity contribution is 5.89. The zero-order chi connectivity index (χ0) is 27.2. The van der Waals surface area contributed by atoms with Crippen LogP contribution in [0, 0.1) is 0 Å². The van der Waals surface area contributed by atoms with Crippen LogP contribution in [0.5, 0.6) is 0 Å². The molecule has 2 atom stereocenters. The summed E-state index contributed by atoms with van der Waals surface area (Å²) in [6, 6.07) is 9.06. The number of cyclic esters (lactones) is 1. The molecule has 1 fully saturated rings. The molecule has 1 aromatic carbocycles. The van der Waals surface area contributed by atoms with Crippen molar-refractivity contribution < 1.29 is 14.3 Å². The zero-order valence-corrected chi connectivity index (χ0v) is 22.7. The fourth-order valence-corrected chi connectivity index (χ4v) is 5.55. The first-order chi connectivity index (χ1) is 19.0. The maximum Gasteiger partial charge on any atom is 0.415 e. The Hall–Kier alpha value is -3.72. The first kappa shape index (κ1) is 26.9. The number of carbonyl (C=O) groups excluding carboxylic acids is 2. The number of rotatable bonds is 2. The number of nitrogens with zero attached hydrogens (tertiary/aromatic N) is 5. The summed E-state index contributed by atoms with van der Waals surface area (Å²) in [6.07, 6.45) is 12.1. The molecule has 2 aromatic rings. The fourth-order valence-electron chi connectivity index (χ4n) is 5.55. The Morgan fingerprint density at radius 3 is 2.56 bits per heavy atom. The summed E-state index contributed by atoms with van der Waals surface area (Å²) in [5, 5.41) is 3.41. The van der Waals surface area contributed by atoms with E-state index in [4.69, 9.17) is 9.72 Å². The van der Waals surface area contributed by atoms with Crippen molar-refractivity contribution in [1.82, 2.24) is 19.8 Å². The van der Waals surface area contributed by atoms with E-state index in [0.29, 0.717) is 18.3 Å². The van der Waals surface area contributed by atoms with Gasteiger partial charge >= 0.3 is 6.09 Å². The number of hydrogen-bond donors (Lipinski definition) is 1. The van der Waals surface area contributed by atoms with E-state index >= 15 is 0 Å². The number of fused-ring (bicyclic) bond motifs is 10. The standard InChI is InChI=1S/C30H38N6O3/c1-3-27(37)35-18-16-34(17-19-35)26-10-8-6-4-5-7-9-15-36-28-25(21-39-30(36)38)20-31-29(33-28)32-22(2)23-11-13-24(26)14-12-23/h3-4,6,11-14,20,22,26H,1,5,7-10,15-19,21H2,2H3,(H,31,32,33)/b6-4-/t22-,26?/m0/s1. The number of allylic oxidation sites excluding steroid dienone is 2. The van der Waals surface area contributed by atoms with Crippen molar-refractivity contribution >= 4 is 23.8 Å². The molecule has 2 amide bonds. The van der Waals surface area contributed by atoms with Crippen LogP contribution in [0.25, 0.3) is 0 Å². The van der Waals surface area contributed by atoms with E-state index in [2.05, 4.69) is 65.1 Å². The molecule has 1 unspecified atom stereocenters. The van der Waals surface area contributed by atoms with Crippen LogP contribution in [-0.2, 0) is 16.1 Å². The van der Waals surface area contributed by atoms with Gasteiger partial charge in [0, 0.05) is 45.0 Å². The van der Waals surface area contributed by atoms with Gasteiger partial charge in [-0.1, -0.05) is 43.0 Å². The van der Waals surface area contributed by atoms with Crippen molar-refractivity contribution in [1.29, 1.82) is 0 Å². The van der Waals surface area contributed by atoms with Gasteiger partial charge in [0.1, 0.15) is 12.4 Å². The minimum Gasteiger partial charge on any atom is -0.444 e. The first-order valence-corrected chi connectivity index (χ1v) is 14.0. The summed E-state index contributed by atoms with van der Waals surface area (Å²) in [5.41, 5.74) is 3.25. The molecule has 9 nitrogen and oxygen atoms in total. The van der Waals surface area contributed by atoms with Crippen molar-refractivity contribution in [3.63, 3.8) is 0 Å². The molecule has 206 valence electrons. The van der Waals surface area contributed by atoms with E-state index in [9.17, 15) is 9.59 Å². The van der Waals surface area contributed by atoms with Crippen molar-refractivity contribution in [2.75, 3.05) is 42.9 Å². The number of hydrogen-bond acceptors (Lipinski definition) is 7. The lowest BCUT2D eigenvalue weighted by Crippen LogP contribution is -2.49. The average Bonchev–Trinajstić information content (AvgIpc) is 2.97. The van der Waals surface area contributed by atoms with Crippen molar-refractivity contribution in [2.45, 2.75) is 57.7 Å². The normalized spacial score (nSPS) is 23.6. The molecular weight excluding hydrogens is 492 g/mol. The maximum atomic E-state index is 12.5. The third kappa shape index (κ3) is 6.30. The maximum absolute atomic E-state index is 12.5. The van der Waals surface area contributed by atoms with Crippen LogP contribution in [0.4, 0.5) is 16.6 Å². The molecule has 4 aliphatic heterocycles. The minimum atomic E-state index is -0.349. The number of amides is 2. The second kappa shape index (κ2) is 12.4. The lowest BCUT2D eigenvalue weighted by Gasteiger charge is -2.39. The molecule has 4 bridgehead atoms. The second-order valence-electron chi connectivity index (χ2n) is 10.4. The molecule has 6 rings (SSSR count). The number of piperazine rings is 1. The van der Waals surface area contributed by atoms with Gasteiger partial charge in [0.25, 0.3) is 0 Å². The smallest absolute Gasteiger partial charge is 0.415 e. The highest BCUT2D eigenvalue weighted by Crippen LogP contribution is 2.30. The molecular formula is C30H38N6O3. The van der Waals surface area contributed by atoms with Crippen LogP contribution in [0.3, 0.4) is 0 Å². The number of nitrogens with one attached hydrogen (secondary N) is 1. The number of aromatic nitrogens is 2. The molecule has 0 radical (unpaired) electrons. The second-order valence-corrected chi connectivity index (χ2v) is 10.4. The molecule has 1 aromatic heterocycles. The summed E-state index contributed by atoms with van der Waals surface area (Å²) in [5.74, 6) is 1.14. The quantitative estimate of drug-likeness (QED) is 0.432. The zero-order valence-electron chi connectivity index (χ0n) is 22.7. The predicted molar refractivity (Wildman–Crippen MR) is 151 cm³/mol. The van der Waals surface area contributed by atoms with E-state index in [-0.39, 0.29) is 30.7 Å². The molecule has 39 heavy (non-hydrogen) atoms. The Kier molecular flexibility index (Phi) is 8.56. The van der Waals surface area contributed by atoms with E-state index in [1.54, 1.807) is 11.1 Å². The minimum absolute atomic E-state index is 0.0105. The van der Waals surface area contributed by atoms with Gasteiger partial charge in [-0.25, -0.2) is 9.78 Å². The molecule has 9 heteroatoms. The third-order valence-corrected chi connectivity index (χ3v) is 7.85. The third-order valence-electron chi connectivity index (χ3n) is 7.85. The van der Waals surface area contributed by atoms with E-state index in [1.807, 2.05) is 4.90 Å². The largest absolute Gasteiger partial charge is 0.444 e. The van der Waals surface area contributed by atoms with Gasteiger partial charge in [-0.2, -0.15) is 4.98 Å². The Bertz CT molecular complexity index is 1210. The summed E-state index contributed by atoms with van der Waals surface area (Å²) in [7, 11) is 0. The summed E-state index contributed by atoms with van der Waals surface area (Å²) < 4.78 is 5.35. The Labute approximate surface area is 230 Å². The van der Waals surface area contributed by atoms with Crippen molar-refractivity contribution in [3.8, 4) is 0 Å². The van der Waals surface area contributed by atoms with Crippen molar-refractivity contribution in [3.05, 3.63) is 72.0 Å². The summed E-state index contributed by atoms with van der Waals surface area (Å²) >= 11 is 0. The van der Waals surface area contributed by atoms with Crippen LogP contribution in [0.15, 0.2) is 55.3 Å². The highest BCUT2D eigenvalue weighted by atomic mass is 16.6. The number of anilines is 2. The SMILES string of the molecule is C=CC(=O)N1CCN(C2CC/C=C\CCCCN3C(=O)OCc4cnc(nc43)N[C@@H](C)c3ccc2cc3)CC1. The Morgan fingerprint density at radius 2 is 1.79 bits per heavy atom. The highest BCUT2D eigenvalue weighted by Gasteiger charge is 2.28. The van der Waals surface area contributed by atoms with Gasteiger partial charge in [0.2, 0.25) is 11.9 Å². The lowest BCUT2D eigenvalue weighted by atomic mass is 9.96. The number of carbonyl (C=O) groups is 2. The summed E-state index contributed by atoms with van der Waals surface area (Å²) in [4.78, 5) is 39.8. The molecule has 0 saturated carbocycles. The van der Waals surface area contributed by atoms with E-state index in [1.165, 1.54) is 11.6 Å². The van der Waals surface area contributed by atoms with Gasteiger partial charge in [-0.05, 0) is 56.2 Å². The molecule has 4 aliphatic rings. The molecule has 5 heterocycles. The molecule has 0 aliphatic carbocycles. The number of benzene rings is 1.